The number of phosphoric acid groups is 2. The lowest BCUT2D eigenvalue weighted by molar-refractivity contribution is -0.161. The van der Waals surface area contributed by atoms with Crippen LogP contribution in [-0.2, 0) is 65.4 Å². The van der Waals surface area contributed by atoms with Crippen molar-refractivity contribution in [2.75, 3.05) is 39.6 Å². The van der Waals surface area contributed by atoms with Crippen molar-refractivity contribution in [3.8, 4) is 0 Å². The molecular weight excluding hydrogens is 1320 g/mol. The summed E-state index contributed by atoms with van der Waals surface area (Å²) in [6.07, 6.45) is 58.6. The van der Waals surface area contributed by atoms with Gasteiger partial charge in [0.15, 0.2) is 12.2 Å². The van der Waals surface area contributed by atoms with Crippen LogP contribution in [0.15, 0.2) is 0 Å². The van der Waals surface area contributed by atoms with Gasteiger partial charge in [-0.05, 0) is 49.4 Å². The van der Waals surface area contributed by atoms with Crippen LogP contribution in [0.25, 0.3) is 0 Å². The average molecular weight is 1480 g/mol. The molecule has 0 saturated heterocycles. The average Bonchev–Trinajstić information content (AvgIpc) is 0.965. The van der Waals surface area contributed by atoms with Crippen LogP contribution in [0.4, 0.5) is 0 Å². The largest absolute Gasteiger partial charge is 0.472 e. The van der Waals surface area contributed by atoms with E-state index >= 15 is 0 Å². The maximum absolute atomic E-state index is 13.1. The minimum Gasteiger partial charge on any atom is -0.462 e. The van der Waals surface area contributed by atoms with Gasteiger partial charge < -0.3 is 33.8 Å². The van der Waals surface area contributed by atoms with Crippen molar-refractivity contribution in [1.29, 1.82) is 0 Å². The van der Waals surface area contributed by atoms with Gasteiger partial charge in [0.25, 0.3) is 0 Å². The molecule has 5 atom stereocenters. The van der Waals surface area contributed by atoms with Crippen molar-refractivity contribution in [2.24, 2.45) is 23.7 Å². The topological polar surface area (TPSA) is 237 Å². The summed E-state index contributed by atoms with van der Waals surface area (Å²) in [5.74, 6) is 0.938. The molecule has 0 aromatic carbocycles. The van der Waals surface area contributed by atoms with E-state index in [1.807, 2.05) is 0 Å². The van der Waals surface area contributed by atoms with E-state index in [9.17, 15) is 43.2 Å². The fourth-order valence-electron chi connectivity index (χ4n) is 12.6. The zero-order chi connectivity index (χ0) is 74.6. The Morgan fingerprint density at radius 1 is 0.248 bits per heavy atom. The molecule has 0 amide bonds. The van der Waals surface area contributed by atoms with Crippen molar-refractivity contribution >= 4 is 39.5 Å². The summed E-state index contributed by atoms with van der Waals surface area (Å²) in [6.45, 7) is 14.2. The number of carbonyl (C=O) groups is 4. The molecular formula is C82H160O17P2. The number of rotatable bonds is 79. The van der Waals surface area contributed by atoms with E-state index in [2.05, 4.69) is 55.4 Å². The molecule has 0 heterocycles. The lowest BCUT2D eigenvalue weighted by Crippen LogP contribution is -2.30. The first-order valence-electron chi connectivity index (χ1n) is 42.2. The molecule has 0 aromatic rings. The Balaban J connectivity index is 5.20. The Hall–Kier alpha value is -1.94. The van der Waals surface area contributed by atoms with E-state index in [0.717, 1.165) is 108 Å². The van der Waals surface area contributed by atoms with Crippen LogP contribution < -0.4 is 0 Å². The highest BCUT2D eigenvalue weighted by atomic mass is 31.2. The standard InChI is InChI=1S/C82H160O17P2/c1-72(2)58-50-42-34-27-23-19-15-11-9-10-12-17-21-25-29-38-46-54-62-79(84)92-68-77(98-81(86)64-56-48-40-30-26-22-18-14-13-16-20-24-28-35-43-51-59-73(3)4)70-96-100(88,89)94-66-76(83)67-95-101(90,91)97-71-78(99-82(87)65-57-49-41-33-37-45-53-61-75(7)8)69-93-80(85)63-55-47-39-32-31-36-44-52-60-74(5)6/h72-78,83H,9-71H2,1-8H3,(H,88,89)(H,90,91)/t76?,77-,78-/m1/s1. The molecule has 0 rings (SSSR count). The van der Waals surface area contributed by atoms with Gasteiger partial charge in [0.2, 0.25) is 0 Å². The van der Waals surface area contributed by atoms with Gasteiger partial charge in [-0.3, -0.25) is 37.3 Å². The molecule has 101 heavy (non-hydrogen) atoms. The van der Waals surface area contributed by atoms with Gasteiger partial charge in [-0.1, -0.05) is 370 Å². The molecule has 19 heteroatoms. The summed E-state index contributed by atoms with van der Waals surface area (Å²) in [5, 5.41) is 10.6. The minimum atomic E-state index is -4.96. The zero-order valence-corrected chi connectivity index (χ0v) is 68.3. The first kappa shape index (κ1) is 99.1. The van der Waals surface area contributed by atoms with Gasteiger partial charge in [-0.2, -0.15) is 0 Å². The lowest BCUT2D eigenvalue weighted by atomic mass is 10.0. The molecule has 0 aliphatic heterocycles. The van der Waals surface area contributed by atoms with Crippen molar-refractivity contribution in [3.63, 3.8) is 0 Å². The molecule has 0 saturated carbocycles. The molecule has 0 radical (unpaired) electrons. The smallest absolute Gasteiger partial charge is 0.462 e. The van der Waals surface area contributed by atoms with Crippen molar-refractivity contribution in [1.82, 2.24) is 0 Å². The molecule has 3 N–H and O–H groups in total. The summed E-state index contributed by atoms with van der Waals surface area (Å²) >= 11 is 0. The fourth-order valence-corrected chi connectivity index (χ4v) is 14.2. The van der Waals surface area contributed by atoms with Crippen molar-refractivity contribution < 1.29 is 80.2 Å². The second-order valence-corrected chi connectivity index (χ2v) is 34.3. The van der Waals surface area contributed by atoms with Crippen LogP contribution in [-0.4, -0.2) is 96.7 Å². The highest BCUT2D eigenvalue weighted by Crippen LogP contribution is 2.45. The Morgan fingerprint density at radius 3 is 0.614 bits per heavy atom. The quantitative estimate of drug-likeness (QED) is 0.0222. The van der Waals surface area contributed by atoms with Crippen LogP contribution in [0, 0.1) is 23.7 Å². The minimum absolute atomic E-state index is 0.103. The van der Waals surface area contributed by atoms with Crippen LogP contribution in [0.3, 0.4) is 0 Å². The van der Waals surface area contributed by atoms with Crippen LogP contribution in [0.2, 0.25) is 0 Å². The number of ether oxygens (including phenoxy) is 4. The first-order valence-corrected chi connectivity index (χ1v) is 45.2. The maximum atomic E-state index is 13.1. The number of unbranched alkanes of at least 4 members (excludes halogenated alkanes) is 45. The monoisotopic (exact) mass is 1480 g/mol. The van der Waals surface area contributed by atoms with Gasteiger partial charge >= 0.3 is 39.5 Å². The number of hydrogen-bond donors (Lipinski definition) is 3. The van der Waals surface area contributed by atoms with Crippen LogP contribution in [0.5, 0.6) is 0 Å². The summed E-state index contributed by atoms with van der Waals surface area (Å²) in [7, 11) is -9.92. The lowest BCUT2D eigenvalue weighted by Gasteiger charge is -2.21. The predicted molar refractivity (Wildman–Crippen MR) is 414 cm³/mol. The highest BCUT2D eigenvalue weighted by Gasteiger charge is 2.30. The van der Waals surface area contributed by atoms with E-state index in [1.54, 1.807) is 0 Å². The second-order valence-electron chi connectivity index (χ2n) is 31.4. The predicted octanol–water partition coefficient (Wildman–Crippen LogP) is 24.4. The molecule has 0 aromatic heterocycles. The molecule has 0 bridgehead atoms. The normalized spacial score (nSPS) is 14.0. The fraction of sp³-hybridized carbons (Fsp3) is 0.951. The third kappa shape index (κ3) is 76.1. The van der Waals surface area contributed by atoms with Crippen molar-refractivity contribution in [2.45, 2.75) is 440 Å². The van der Waals surface area contributed by atoms with E-state index < -0.39 is 97.5 Å². The molecule has 17 nitrogen and oxygen atoms in total. The third-order valence-corrected chi connectivity index (χ3v) is 21.0. The number of phosphoric ester groups is 2. The highest BCUT2D eigenvalue weighted by molar-refractivity contribution is 7.47. The Bertz CT molecular complexity index is 1970. The molecule has 3 unspecified atom stereocenters. The summed E-state index contributed by atoms with van der Waals surface area (Å²) in [5.41, 5.74) is 0. The van der Waals surface area contributed by atoms with E-state index in [4.69, 9.17) is 37.0 Å². The molecule has 0 spiro atoms. The van der Waals surface area contributed by atoms with Gasteiger partial charge in [0, 0.05) is 25.7 Å². The van der Waals surface area contributed by atoms with Gasteiger partial charge in [0.05, 0.1) is 26.4 Å². The van der Waals surface area contributed by atoms with Gasteiger partial charge in [-0.25, -0.2) is 9.13 Å². The van der Waals surface area contributed by atoms with E-state index in [0.29, 0.717) is 31.6 Å². The summed E-state index contributed by atoms with van der Waals surface area (Å²) in [6, 6.07) is 0. The van der Waals surface area contributed by atoms with Gasteiger partial charge in [-0.15, -0.1) is 0 Å². The number of hydrogen-bond acceptors (Lipinski definition) is 15. The zero-order valence-electron chi connectivity index (χ0n) is 66.5. The Labute approximate surface area is 619 Å². The number of esters is 4. The Morgan fingerprint density at radius 2 is 0.416 bits per heavy atom. The third-order valence-electron chi connectivity index (χ3n) is 19.1. The second kappa shape index (κ2) is 71.0. The Kier molecular flexibility index (Phi) is 69.6. The SMILES string of the molecule is CC(C)CCCCCCCCCCCCCCCCCCCCC(=O)OC[C@H](COP(=O)(O)OCC(O)COP(=O)(O)OC[C@@H](COC(=O)CCCCCCCCCCC(C)C)OC(=O)CCCCCCCCCC(C)C)OC(=O)CCCCCCCCCCCCCCCCCCC(C)C. The molecule has 600 valence electrons. The van der Waals surface area contributed by atoms with Crippen molar-refractivity contribution in [3.05, 3.63) is 0 Å². The molecule has 0 aliphatic carbocycles. The van der Waals surface area contributed by atoms with Crippen LogP contribution >= 0.6 is 15.6 Å². The number of aliphatic hydroxyl groups is 1. The molecule has 0 aliphatic rings. The summed E-state index contributed by atoms with van der Waals surface area (Å²) < 4.78 is 68.7. The number of aliphatic hydroxyl groups excluding tert-OH is 1. The maximum Gasteiger partial charge on any atom is 0.472 e. The van der Waals surface area contributed by atoms with Gasteiger partial charge in [0.1, 0.15) is 19.3 Å². The van der Waals surface area contributed by atoms with E-state index in [-0.39, 0.29) is 25.7 Å². The van der Waals surface area contributed by atoms with E-state index in [1.165, 1.54) is 225 Å². The summed E-state index contributed by atoms with van der Waals surface area (Å²) in [4.78, 5) is 73.0. The molecule has 0 fully saturated rings. The first-order chi connectivity index (χ1) is 48.6. The van der Waals surface area contributed by atoms with Crippen LogP contribution in [0.1, 0.15) is 421 Å². The number of carbonyl (C=O) groups excluding carboxylic acids is 4.